The fourth-order valence-corrected chi connectivity index (χ4v) is 2.82. The summed E-state index contributed by atoms with van der Waals surface area (Å²) in [5.74, 6) is -1.83. The van der Waals surface area contributed by atoms with Gasteiger partial charge in [0.25, 0.3) is 0 Å². The van der Waals surface area contributed by atoms with Gasteiger partial charge < -0.3 is 10.6 Å². The maximum absolute atomic E-state index is 14.2. The number of nitrogens with zero attached hydrogens (tertiary/aromatic N) is 2. The SMILES string of the molecule is CCN1CCN(c2ccc(C(N)=S)c(F)c2F)CC1C. The number of halogens is 2. The molecule has 2 rings (SSSR count). The molecule has 1 aromatic rings. The van der Waals surface area contributed by atoms with Crippen LogP contribution in [0.2, 0.25) is 0 Å². The first kappa shape index (κ1) is 15.1. The van der Waals surface area contributed by atoms with Gasteiger partial charge in [-0.3, -0.25) is 4.90 Å². The number of anilines is 1. The molecule has 0 spiro atoms. The van der Waals surface area contributed by atoms with E-state index in [9.17, 15) is 8.78 Å². The van der Waals surface area contributed by atoms with Gasteiger partial charge in [-0.2, -0.15) is 0 Å². The molecule has 3 nitrogen and oxygen atoms in total. The number of nitrogens with two attached hydrogens (primary N) is 1. The summed E-state index contributed by atoms with van der Waals surface area (Å²) in [5, 5.41) is 0. The maximum Gasteiger partial charge on any atom is 0.182 e. The second kappa shape index (κ2) is 6.01. The largest absolute Gasteiger partial charge is 0.389 e. The van der Waals surface area contributed by atoms with Crippen molar-refractivity contribution in [2.45, 2.75) is 19.9 Å². The van der Waals surface area contributed by atoms with Crippen molar-refractivity contribution in [2.75, 3.05) is 31.1 Å². The Kier molecular flexibility index (Phi) is 4.55. The Morgan fingerprint density at radius 3 is 2.60 bits per heavy atom. The Balaban J connectivity index is 2.26. The van der Waals surface area contributed by atoms with Crippen molar-refractivity contribution in [1.29, 1.82) is 0 Å². The molecule has 0 radical (unpaired) electrons. The minimum absolute atomic E-state index is 0.0403. The number of hydrogen-bond donors (Lipinski definition) is 1. The first-order valence-electron chi connectivity index (χ1n) is 6.72. The first-order valence-corrected chi connectivity index (χ1v) is 7.13. The summed E-state index contributed by atoms with van der Waals surface area (Å²) < 4.78 is 28.1. The highest BCUT2D eigenvalue weighted by Crippen LogP contribution is 2.26. The molecule has 20 heavy (non-hydrogen) atoms. The van der Waals surface area contributed by atoms with E-state index in [1.54, 1.807) is 6.07 Å². The van der Waals surface area contributed by atoms with Crippen LogP contribution in [0.5, 0.6) is 0 Å². The number of rotatable bonds is 3. The van der Waals surface area contributed by atoms with Crippen molar-refractivity contribution in [3.05, 3.63) is 29.3 Å². The van der Waals surface area contributed by atoms with E-state index in [0.717, 1.165) is 13.1 Å². The lowest BCUT2D eigenvalue weighted by Gasteiger charge is -2.40. The zero-order chi connectivity index (χ0) is 14.9. The Labute approximate surface area is 123 Å². The van der Waals surface area contributed by atoms with Crippen molar-refractivity contribution < 1.29 is 8.78 Å². The van der Waals surface area contributed by atoms with Gasteiger partial charge in [0, 0.05) is 31.2 Å². The minimum Gasteiger partial charge on any atom is -0.389 e. The molecule has 1 atom stereocenters. The molecule has 1 aromatic carbocycles. The predicted octanol–water partition coefficient (Wildman–Crippen LogP) is 2.13. The second-order valence-electron chi connectivity index (χ2n) is 5.05. The van der Waals surface area contributed by atoms with Crippen molar-refractivity contribution in [3.63, 3.8) is 0 Å². The first-order chi connectivity index (χ1) is 9.45. The standard InChI is InChI=1S/C14H19F2N3S/c1-3-18-6-7-19(8-9(18)2)11-5-4-10(14(17)20)12(15)13(11)16/h4-5,9H,3,6-8H2,1-2H3,(H2,17,20). The zero-order valence-electron chi connectivity index (χ0n) is 11.7. The van der Waals surface area contributed by atoms with E-state index < -0.39 is 11.6 Å². The van der Waals surface area contributed by atoms with E-state index >= 15 is 0 Å². The van der Waals surface area contributed by atoms with Crippen molar-refractivity contribution >= 4 is 22.9 Å². The maximum atomic E-state index is 14.2. The fraction of sp³-hybridized carbons (Fsp3) is 0.500. The highest BCUT2D eigenvalue weighted by molar-refractivity contribution is 7.80. The normalized spacial score (nSPS) is 20.2. The highest BCUT2D eigenvalue weighted by atomic mass is 32.1. The van der Waals surface area contributed by atoms with Crippen molar-refractivity contribution in [3.8, 4) is 0 Å². The van der Waals surface area contributed by atoms with Gasteiger partial charge in [-0.25, -0.2) is 8.78 Å². The number of benzene rings is 1. The number of likely N-dealkylation sites (N-methyl/N-ethyl adjacent to an activating group) is 1. The van der Waals surface area contributed by atoms with E-state index in [0.29, 0.717) is 19.1 Å². The van der Waals surface area contributed by atoms with E-state index in [1.165, 1.54) is 6.07 Å². The van der Waals surface area contributed by atoms with E-state index in [1.807, 2.05) is 4.90 Å². The molecule has 0 amide bonds. The molecule has 2 N–H and O–H groups in total. The van der Waals surface area contributed by atoms with Crippen LogP contribution < -0.4 is 10.6 Å². The van der Waals surface area contributed by atoms with Crippen LogP contribution in [0.1, 0.15) is 19.4 Å². The lowest BCUT2D eigenvalue weighted by atomic mass is 10.1. The molecule has 1 heterocycles. The summed E-state index contributed by atoms with van der Waals surface area (Å²) in [7, 11) is 0. The van der Waals surface area contributed by atoms with Gasteiger partial charge in [-0.05, 0) is 25.6 Å². The van der Waals surface area contributed by atoms with Crippen LogP contribution in [-0.4, -0.2) is 42.1 Å². The van der Waals surface area contributed by atoms with Gasteiger partial charge >= 0.3 is 0 Å². The fourth-order valence-electron chi connectivity index (χ4n) is 2.66. The molecular weight excluding hydrogens is 280 g/mol. The third kappa shape index (κ3) is 2.76. The minimum atomic E-state index is -0.958. The van der Waals surface area contributed by atoms with E-state index in [2.05, 4.69) is 18.7 Å². The van der Waals surface area contributed by atoms with Gasteiger partial charge in [-0.15, -0.1) is 0 Å². The van der Waals surface area contributed by atoms with Crippen LogP contribution in [0.4, 0.5) is 14.5 Å². The zero-order valence-corrected chi connectivity index (χ0v) is 12.5. The average molecular weight is 299 g/mol. The summed E-state index contributed by atoms with van der Waals surface area (Å²) in [4.78, 5) is 4.06. The predicted molar refractivity (Wildman–Crippen MR) is 81.2 cm³/mol. The van der Waals surface area contributed by atoms with Crippen LogP contribution in [0.15, 0.2) is 12.1 Å². The molecule has 0 bridgehead atoms. The molecule has 0 aromatic heterocycles. The van der Waals surface area contributed by atoms with Crippen LogP contribution in [-0.2, 0) is 0 Å². The lowest BCUT2D eigenvalue weighted by Crippen LogP contribution is -2.52. The summed E-state index contributed by atoms with van der Waals surface area (Å²) in [6.45, 7) is 7.36. The highest BCUT2D eigenvalue weighted by Gasteiger charge is 2.26. The third-order valence-electron chi connectivity index (χ3n) is 3.84. The molecular formula is C14H19F2N3S. The van der Waals surface area contributed by atoms with Crippen LogP contribution in [0.3, 0.4) is 0 Å². The van der Waals surface area contributed by atoms with Gasteiger partial charge in [0.15, 0.2) is 11.6 Å². The van der Waals surface area contributed by atoms with Crippen molar-refractivity contribution in [1.82, 2.24) is 4.90 Å². The summed E-state index contributed by atoms with van der Waals surface area (Å²) >= 11 is 4.71. The van der Waals surface area contributed by atoms with Gasteiger partial charge in [0.2, 0.25) is 0 Å². The van der Waals surface area contributed by atoms with Gasteiger partial charge in [0.1, 0.15) is 4.99 Å². The lowest BCUT2D eigenvalue weighted by molar-refractivity contribution is 0.199. The third-order valence-corrected chi connectivity index (χ3v) is 4.06. The molecule has 6 heteroatoms. The molecule has 110 valence electrons. The number of piperazine rings is 1. The summed E-state index contributed by atoms with van der Waals surface area (Å²) in [5.41, 5.74) is 5.62. The second-order valence-corrected chi connectivity index (χ2v) is 5.49. The van der Waals surface area contributed by atoms with Crippen LogP contribution in [0.25, 0.3) is 0 Å². The number of thiocarbonyl (C=S) groups is 1. The summed E-state index contributed by atoms with van der Waals surface area (Å²) in [6, 6.07) is 3.32. The quantitative estimate of drug-likeness (QED) is 0.867. The Morgan fingerprint density at radius 1 is 1.35 bits per heavy atom. The van der Waals surface area contributed by atoms with E-state index in [4.69, 9.17) is 18.0 Å². The Morgan fingerprint density at radius 2 is 2.05 bits per heavy atom. The van der Waals surface area contributed by atoms with Gasteiger partial charge in [-0.1, -0.05) is 19.1 Å². The molecule has 0 saturated carbocycles. The average Bonchev–Trinajstić information content (AvgIpc) is 2.41. The molecule has 1 saturated heterocycles. The molecule has 1 unspecified atom stereocenters. The number of hydrogen-bond acceptors (Lipinski definition) is 3. The van der Waals surface area contributed by atoms with Gasteiger partial charge in [0.05, 0.1) is 5.69 Å². The van der Waals surface area contributed by atoms with Crippen LogP contribution >= 0.6 is 12.2 Å². The molecule has 0 aliphatic carbocycles. The Hall–Kier alpha value is -1.27. The molecule has 1 aliphatic heterocycles. The summed E-state index contributed by atoms with van der Waals surface area (Å²) in [6.07, 6.45) is 0. The molecule has 1 fully saturated rings. The smallest absolute Gasteiger partial charge is 0.182 e. The van der Waals surface area contributed by atoms with E-state index in [-0.39, 0.29) is 16.2 Å². The Bertz CT molecular complexity index is 521. The van der Waals surface area contributed by atoms with Crippen molar-refractivity contribution in [2.24, 2.45) is 5.73 Å². The monoisotopic (exact) mass is 299 g/mol. The topological polar surface area (TPSA) is 32.5 Å². The van der Waals surface area contributed by atoms with Crippen LogP contribution in [0, 0.1) is 11.6 Å². The molecule has 1 aliphatic rings.